The Balaban J connectivity index is 2.67. The molecule has 0 bridgehead atoms. The summed E-state index contributed by atoms with van der Waals surface area (Å²) < 4.78 is 4.71. The molecule has 0 heterocycles. The first kappa shape index (κ1) is 19.8. The Morgan fingerprint density at radius 3 is 2.62 bits per heavy atom. The highest BCUT2D eigenvalue weighted by Crippen LogP contribution is 2.20. The molecule has 1 rings (SSSR count). The second kappa shape index (κ2) is 9.79. The maximum Gasteiger partial charge on any atom is 0.408 e. The van der Waals surface area contributed by atoms with Gasteiger partial charge in [-0.05, 0) is 17.7 Å². The van der Waals surface area contributed by atoms with Gasteiger partial charge >= 0.3 is 6.09 Å². The van der Waals surface area contributed by atoms with Crippen molar-refractivity contribution in [3.05, 3.63) is 46.5 Å². The molecule has 0 saturated carbocycles. The van der Waals surface area contributed by atoms with Crippen molar-refractivity contribution in [2.45, 2.75) is 19.0 Å². The molecule has 1 aromatic carbocycles. The Morgan fingerprint density at radius 2 is 2.04 bits per heavy atom. The zero-order valence-electron chi connectivity index (χ0n) is 12.7. The van der Waals surface area contributed by atoms with E-state index in [-0.39, 0.29) is 19.6 Å². The van der Waals surface area contributed by atoms with Crippen LogP contribution in [0.2, 0.25) is 10.0 Å². The van der Waals surface area contributed by atoms with Crippen LogP contribution in [-0.2, 0) is 20.9 Å². The normalized spacial score (nSPS) is 11.2. The standard InChI is InChI=1S/C15H17Cl2N3O4/c1-2-5-24-15(23)20-12(7-13(18)21)14(22)19-8-9-3-4-10(16)6-11(9)17/h2-4,6,12H,1,5,7-8H2,(H2,18,21)(H,19,22)(H,20,23)/t12-/m0/s1. The zero-order chi connectivity index (χ0) is 18.1. The molecule has 0 fully saturated rings. The fourth-order valence-corrected chi connectivity index (χ4v) is 2.17. The molecule has 0 aliphatic heterocycles. The first-order valence-electron chi connectivity index (χ1n) is 6.87. The lowest BCUT2D eigenvalue weighted by Gasteiger charge is -2.17. The Morgan fingerprint density at radius 1 is 1.33 bits per heavy atom. The van der Waals surface area contributed by atoms with Gasteiger partial charge < -0.3 is 21.1 Å². The minimum absolute atomic E-state index is 0.0306. The number of amides is 3. The van der Waals surface area contributed by atoms with Gasteiger partial charge in [-0.1, -0.05) is 41.9 Å². The van der Waals surface area contributed by atoms with Crippen molar-refractivity contribution < 1.29 is 19.1 Å². The molecule has 0 aliphatic rings. The number of hydrogen-bond donors (Lipinski definition) is 3. The van der Waals surface area contributed by atoms with Gasteiger partial charge in [-0.15, -0.1) is 0 Å². The van der Waals surface area contributed by atoms with Crippen molar-refractivity contribution in [2.24, 2.45) is 5.73 Å². The summed E-state index contributed by atoms with van der Waals surface area (Å²) in [6.07, 6.45) is 0.134. The van der Waals surface area contributed by atoms with E-state index in [1.165, 1.54) is 12.1 Å². The van der Waals surface area contributed by atoms with Crippen LogP contribution in [0.4, 0.5) is 4.79 Å². The molecule has 0 radical (unpaired) electrons. The minimum atomic E-state index is -1.16. The number of nitrogens with one attached hydrogen (secondary N) is 2. The fourth-order valence-electron chi connectivity index (χ4n) is 1.70. The number of nitrogens with two attached hydrogens (primary N) is 1. The van der Waals surface area contributed by atoms with Crippen LogP contribution in [0.1, 0.15) is 12.0 Å². The van der Waals surface area contributed by atoms with E-state index in [9.17, 15) is 14.4 Å². The van der Waals surface area contributed by atoms with Gasteiger partial charge in [0.2, 0.25) is 11.8 Å². The van der Waals surface area contributed by atoms with E-state index < -0.39 is 23.9 Å². The molecule has 1 atom stereocenters. The molecule has 0 aliphatic carbocycles. The van der Waals surface area contributed by atoms with Crippen LogP contribution in [-0.4, -0.2) is 30.6 Å². The summed E-state index contributed by atoms with van der Waals surface area (Å²) in [5.41, 5.74) is 5.72. The Labute approximate surface area is 149 Å². The summed E-state index contributed by atoms with van der Waals surface area (Å²) in [7, 11) is 0. The summed E-state index contributed by atoms with van der Waals surface area (Å²) in [6, 6.07) is 3.66. The Bertz CT molecular complexity index is 637. The third-order valence-electron chi connectivity index (χ3n) is 2.81. The van der Waals surface area contributed by atoms with E-state index in [0.717, 1.165) is 0 Å². The Kier molecular flexibility index (Phi) is 8.08. The zero-order valence-corrected chi connectivity index (χ0v) is 14.2. The molecule has 7 nitrogen and oxygen atoms in total. The summed E-state index contributed by atoms with van der Waals surface area (Å²) in [5.74, 6) is -1.35. The monoisotopic (exact) mass is 373 g/mol. The number of hydrogen-bond acceptors (Lipinski definition) is 4. The lowest BCUT2D eigenvalue weighted by molar-refractivity contribution is -0.127. The quantitative estimate of drug-likeness (QED) is 0.602. The molecule has 9 heteroatoms. The predicted octanol–water partition coefficient (Wildman–Crippen LogP) is 1.77. The van der Waals surface area contributed by atoms with Gasteiger partial charge in [-0.3, -0.25) is 9.59 Å². The fraction of sp³-hybridized carbons (Fsp3) is 0.267. The molecular formula is C15H17Cl2N3O4. The Hall–Kier alpha value is -2.25. The maximum absolute atomic E-state index is 12.2. The largest absolute Gasteiger partial charge is 0.445 e. The van der Waals surface area contributed by atoms with Crippen LogP contribution in [0.5, 0.6) is 0 Å². The number of benzene rings is 1. The summed E-state index contributed by atoms with van der Waals surface area (Å²) >= 11 is 11.8. The van der Waals surface area contributed by atoms with Crippen LogP contribution >= 0.6 is 23.2 Å². The van der Waals surface area contributed by atoms with Crippen molar-refractivity contribution in [1.29, 1.82) is 0 Å². The summed E-state index contributed by atoms with van der Waals surface area (Å²) in [4.78, 5) is 34.7. The second-order valence-corrected chi connectivity index (χ2v) is 5.55. The molecule has 130 valence electrons. The topological polar surface area (TPSA) is 111 Å². The van der Waals surface area contributed by atoms with E-state index in [4.69, 9.17) is 33.7 Å². The van der Waals surface area contributed by atoms with Crippen LogP contribution in [0.3, 0.4) is 0 Å². The van der Waals surface area contributed by atoms with Gasteiger partial charge in [0.15, 0.2) is 0 Å². The van der Waals surface area contributed by atoms with E-state index in [0.29, 0.717) is 15.6 Å². The van der Waals surface area contributed by atoms with Crippen molar-refractivity contribution in [2.75, 3.05) is 6.61 Å². The predicted molar refractivity (Wildman–Crippen MR) is 90.6 cm³/mol. The number of alkyl carbamates (subject to hydrolysis) is 1. The maximum atomic E-state index is 12.2. The average molecular weight is 374 g/mol. The molecule has 0 spiro atoms. The number of ether oxygens (including phenoxy) is 1. The third-order valence-corrected chi connectivity index (χ3v) is 3.40. The molecule has 0 aromatic heterocycles. The van der Waals surface area contributed by atoms with Gasteiger partial charge in [0, 0.05) is 16.6 Å². The highest BCUT2D eigenvalue weighted by Gasteiger charge is 2.23. The van der Waals surface area contributed by atoms with E-state index in [1.54, 1.807) is 12.1 Å². The van der Waals surface area contributed by atoms with Crippen LogP contribution in [0.25, 0.3) is 0 Å². The number of rotatable bonds is 8. The number of primary amides is 1. The molecule has 3 amide bonds. The van der Waals surface area contributed by atoms with Crippen LogP contribution < -0.4 is 16.4 Å². The van der Waals surface area contributed by atoms with Crippen molar-refractivity contribution in [1.82, 2.24) is 10.6 Å². The van der Waals surface area contributed by atoms with Crippen molar-refractivity contribution >= 4 is 41.1 Å². The van der Waals surface area contributed by atoms with E-state index in [2.05, 4.69) is 17.2 Å². The van der Waals surface area contributed by atoms with Gasteiger partial charge in [0.1, 0.15) is 12.6 Å². The van der Waals surface area contributed by atoms with Crippen molar-refractivity contribution in [3.63, 3.8) is 0 Å². The number of carbonyl (C=O) groups excluding carboxylic acids is 3. The molecular weight excluding hydrogens is 357 g/mol. The van der Waals surface area contributed by atoms with Gasteiger partial charge in [0.05, 0.1) is 6.42 Å². The lowest BCUT2D eigenvalue weighted by Crippen LogP contribution is -2.48. The SMILES string of the molecule is C=CCOC(=O)N[C@@H](CC(N)=O)C(=O)NCc1ccc(Cl)cc1Cl. The minimum Gasteiger partial charge on any atom is -0.445 e. The van der Waals surface area contributed by atoms with Crippen molar-refractivity contribution in [3.8, 4) is 0 Å². The average Bonchev–Trinajstić information content (AvgIpc) is 2.50. The molecule has 0 saturated heterocycles. The molecule has 24 heavy (non-hydrogen) atoms. The highest BCUT2D eigenvalue weighted by molar-refractivity contribution is 6.35. The third kappa shape index (κ3) is 6.89. The molecule has 0 unspecified atom stereocenters. The van der Waals surface area contributed by atoms with Gasteiger partial charge in [-0.25, -0.2) is 4.79 Å². The second-order valence-electron chi connectivity index (χ2n) is 4.71. The smallest absolute Gasteiger partial charge is 0.408 e. The summed E-state index contributed by atoms with van der Waals surface area (Å²) in [5, 5.41) is 5.68. The van der Waals surface area contributed by atoms with Crippen LogP contribution in [0.15, 0.2) is 30.9 Å². The van der Waals surface area contributed by atoms with E-state index >= 15 is 0 Å². The highest BCUT2D eigenvalue weighted by atomic mass is 35.5. The first-order chi connectivity index (χ1) is 11.3. The van der Waals surface area contributed by atoms with E-state index in [1.807, 2.05) is 0 Å². The first-order valence-corrected chi connectivity index (χ1v) is 7.63. The number of carbonyl (C=O) groups is 3. The molecule has 1 aromatic rings. The van der Waals surface area contributed by atoms with Gasteiger partial charge in [0.25, 0.3) is 0 Å². The van der Waals surface area contributed by atoms with Crippen LogP contribution in [0, 0.1) is 0 Å². The molecule has 4 N–H and O–H groups in total. The lowest BCUT2D eigenvalue weighted by atomic mass is 10.1. The number of halogens is 2. The summed E-state index contributed by atoms with van der Waals surface area (Å²) in [6.45, 7) is 3.45. The van der Waals surface area contributed by atoms with Gasteiger partial charge in [-0.2, -0.15) is 0 Å².